The van der Waals surface area contributed by atoms with E-state index in [1.54, 1.807) is 12.3 Å². The summed E-state index contributed by atoms with van der Waals surface area (Å²) >= 11 is 0. The fourth-order valence-corrected chi connectivity index (χ4v) is 3.99. The maximum atomic E-state index is 11.9. The number of pyridine rings is 1. The van der Waals surface area contributed by atoms with E-state index in [9.17, 15) is 9.59 Å². The molecule has 1 saturated heterocycles. The Morgan fingerprint density at radius 2 is 1.86 bits per heavy atom. The molecule has 0 atom stereocenters. The molecule has 2 heterocycles. The highest BCUT2D eigenvalue weighted by molar-refractivity contribution is 5.86. The third kappa shape index (κ3) is 3.09. The number of carboxylic acids is 1. The van der Waals surface area contributed by atoms with Gasteiger partial charge in [-0.3, -0.25) is 4.79 Å². The van der Waals surface area contributed by atoms with Crippen LogP contribution in [0.25, 0.3) is 0 Å². The lowest BCUT2D eigenvalue weighted by molar-refractivity contribution is 0.00512. The number of aryl methyl sites for hydroxylation is 1. The van der Waals surface area contributed by atoms with Crippen molar-refractivity contribution in [3.8, 4) is 0 Å². The minimum absolute atomic E-state index is 0.145. The summed E-state index contributed by atoms with van der Waals surface area (Å²) in [6.07, 6.45) is 9.24. The van der Waals surface area contributed by atoms with Crippen LogP contribution in [-0.2, 0) is 6.54 Å². The molecular formula is C17H24N2O3. The summed E-state index contributed by atoms with van der Waals surface area (Å²) < 4.78 is 1.51. The Morgan fingerprint density at radius 1 is 1.18 bits per heavy atom. The topological polar surface area (TPSA) is 62.5 Å². The van der Waals surface area contributed by atoms with Gasteiger partial charge in [0.05, 0.1) is 0 Å². The normalized spacial score (nSPS) is 20.2. The summed E-state index contributed by atoms with van der Waals surface area (Å²) in [5.41, 5.74) is 0.101. The fraction of sp³-hybridized carbons (Fsp3) is 0.647. The second-order valence-electron chi connectivity index (χ2n) is 6.85. The largest absolute Gasteiger partial charge is 0.477 e. The SMILES string of the molecule is O=C(O)c1cccn(CCCCN2CC3(CCCC3)C2)c1=O. The zero-order valence-electron chi connectivity index (χ0n) is 13.0. The first kappa shape index (κ1) is 15.3. The van der Waals surface area contributed by atoms with Gasteiger partial charge < -0.3 is 14.6 Å². The van der Waals surface area contributed by atoms with Crippen LogP contribution in [0.3, 0.4) is 0 Å². The number of rotatable bonds is 6. The van der Waals surface area contributed by atoms with Gasteiger partial charge in [-0.25, -0.2) is 4.79 Å². The number of unbranched alkanes of at least 4 members (excludes halogenated alkanes) is 1. The van der Waals surface area contributed by atoms with Crippen molar-refractivity contribution in [2.24, 2.45) is 5.41 Å². The minimum atomic E-state index is -1.15. The molecule has 0 aromatic carbocycles. The Bertz CT molecular complexity index is 594. The quantitative estimate of drug-likeness (QED) is 0.818. The molecule has 120 valence electrons. The molecule has 0 radical (unpaired) electrons. The molecular weight excluding hydrogens is 280 g/mol. The van der Waals surface area contributed by atoms with Crippen molar-refractivity contribution >= 4 is 5.97 Å². The van der Waals surface area contributed by atoms with Crippen molar-refractivity contribution in [2.75, 3.05) is 19.6 Å². The van der Waals surface area contributed by atoms with Gasteiger partial charge in [0.1, 0.15) is 5.56 Å². The lowest BCUT2D eigenvalue weighted by Gasteiger charge is -2.48. The molecule has 0 unspecified atom stereocenters. The number of carboxylic acid groups (broad SMARTS) is 1. The fourth-order valence-electron chi connectivity index (χ4n) is 3.99. The van der Waals surface area contributed by atoms with E-state index < -0.39 is 11.5 Å². The standard InChI is InChI=1S/C17H24N2O3/c20-15-14(16(21)22)6-5-11-19(15)10-4-3-9-18-12-17(13-18)7-1-2-8-17/h5-6,11H,1-4,7-10,12-13H2,(H,21,22). The molecule has 1 spiro atoms. The van der Waals surface area contributed by atoms with Gasteiger partial charge in [-0.05, 0) is 49.8 Å². The first-order chi connectivity index (χ1) is 10.6. The molecule has 0 amide bonds. The molecule has 2 aliphatic rings. The highest BCUT2D eigenvalue weighted by Gasteiger charge is 2.43. The van der Waals surface area contributed by atoms with Gasteiger partial charge in [-0.2, -0.15) is 0 Å². The van der Waals surface area contributed by atoms with Crippen LogP contribution in [0.5, 0.6) is 0 Å². The zero-order valence-corrected chi connectivity index (χ0v) is 13.0. The third-order valence-electron chi connectivity index (χ3n) is 5.16. The number of likely N-dealkylation sites (tertiary alicyclic amines) is 1. The Labute approximate surface area is 130 Å². The first-order valence-electron chi connectivity index (χ1n) is 8.25. The maximum absolute atomic E-state index is 11.9. The third-order valence-corrected chi connectivity index (χ3v) is 5.16. The van der Waals surface area contributed by atoms with E-state index in [0.29, 0.717) is 12.0 Å². The summed E-state index contributed by atoms with van der Waals surface area (Å²) in [5, 5.41) is 8.95. The second-order valence-corrected chi connectivity index (χ2v) is 6.85. The van der Waals surface area contributed by atoms with Crippen molar-refractivity contribution in [3.63, 3.8) is 0 Å². The maximum Gasteiger partial charge on any atom is 0.341 e. The molecule has 1 N–H and O–H groups in total. The second kappa shape index (κ2) is 6.24. The summed E-state index contributed by atoms with van der Waals surface area (Å²) in [4.78, 5) is 25.4. The van der Waals surface area contributed by atoms with Gasteiger partial charge >= 0.3 is 5.97 Å². The lowest BCUT2D eigenvalue weighted by atomic mass is 9.78. The van der Waals surface area contributed by atoms with Crippen LogP contribution in [0, 0.1) is 5.41 Å². The lowest BCUT2D eigenvalue weighted by Crippen LogP contribution is -2.54. The summed E-state index contributed by atoms with van der Waals surface area (Å²) in [6.45, 7) is 4.19. The molecule has 1 aliphatic carbocycles. The molecule has 5 heteroatoms. The molecule has 1 aromatic heterocycles. The molecule has 1 aromatic rings. The van der Waals surface area contributed by atoms with Crippen LogP contribution in [0.4, 0.5) is 0 Å². The van der Waals surface area contributed by atoms with Crippen LogP contribution in [-0.4, -0.2) is 40.2 Å². The number of hydrogen-bond donors (Lipinski definition) is 1. The Kier molecular flexibility index (Phi) is 4.34. The predicted octanol–water partition coefficient (Wildman–Crippen LogP) is 2.20. The molecule has 1 saturated carbocycles. The predicted molar refractivity (Wildman–Crippen MR) is 84.2 cm³/mol. The smallest absolute Gasteiger partial charge is 0.341 e. The van der Waals surface area contributed by atoms with Gasteiger partial charge in [0.15, 0.2) is 0 Å². The Hall–Kier alpha value is -1.62. The van der Waals surface area contributed by atoms with E-state index in [1.807, 2.05) is 0 Å². The highest BCUT2D eigenvalue weighted by atomic mass is 16.4. The molecule has 0 bridgehead atoms. The minimum Gasteiger partial charge on any atom is -0.477 e. The highest BCUT2D eigenvalue weighted by Crippen LogP contribution is 2.45. The number of nitrogens with zero attached hydrogens (tertiary/aromatic N) is 2. The van der Waals surface area contributed by atoms with Crippen LogP contribution in [0.1, 0.15) is 48.9 Å². The van der Waals surface area contributed by atoms with Crippen molar-refractivity contribution in [2.45, 2.75) is 45.1 Å². The van der Waals surface area contributed by atoms with Crippen molar-refractivity contribution < 1.29 is 9.90 Å². The van der Waals surface area contributed by atoms with E-state index in [1.165, 1.54) is 49.4 Å². The average molecular weight is 304 g/mol. The van der Waals surface area contributed by atoms with E-state index in [-0.39, 0.29) is 5.56 Å². The van der Waals surface area contributed by atoms with E-state index in [2.05, 4.69) is 4.90 Å². The van der Waals surface area contributed by atoms with Crippen molar-refractivity contribution in [3.05, 3.63) is 34.2 Å². The molecule has 2 fully saturated rings. The van der Waals surface area contributed by atoms with Crippen LogP contribution >= 0.6 is 0 Å². The van der Waals surface area contributed by atoms with Gasteiger partial charge in [0.2, 0.25) is 0 Å². The van der Waals surface area contributed by atoms with Gasteiger partial charge in [-0.15, -0.1) is 0 Å². The molecule has 3 rings (SSSR count). The molecule has 5 nitrogen and oxygen atoms in total. The Morgan fingerprint density at radius 3 is 2.55 bits per heavy atom. The molecule has 22 heavy (non-hydrogen) atoms. The van der Waals surface area contributed by atoms with E-state index in [0.717, 1.165) is 19.4 Å². The summed E-state index contributed by atoms with van der Waals surface area (Å²) in [5.74, 6) is -1.15. The van der Waals surface area contributed by atoms with Crippen molar-refractivity contribution in [1.29, 1.82) is 0 Å². The van der Waals surface area contributed by atoms with Crippen LogP contribution in [0.2, 0.25) is 0 Å². The number of aromatic carboxylic acids is 1. The monoisotopic (exact) mass is 304 g/mol. The van der Waals surface area contributed by atoms with E-state index in [4.69, 9.17) is 5.11 Å². The molecule has 1 aliphatic heterocycles. The van der Waals surface area contributed by atoms with Gasteiger partial charge in [0.25, 0.3) is 5.56 Å². The zero-order chi connectivity index (χ0) is 15.6. The first-order valence-corrected chi connectivity index (χ1v) is 8.25. The van der Waals surface area contributed by atoms with Crippen LogP contribution < -0.4 is 5.56 Å². The van der Waals surface area contributed by atoms with Gasteiger partial charge in [0, 0.05) is 25.8 Å². The Balaban J connectivity index is 1.42. The summed E-state index contributed by atoms with van der Waals surface area (Å²) in [7, 11) is 0. The van der Waals surface area contributed by atoms with Crippen molar-refractivity contribution in [1.82, 2.24) is 9.47 Å². The number of carbonyl (C=O) groups is 1. The average Bonchev–Trinajstić information content (AvgIpc) is 2.93. The number of hydrogen-bond acceptors (Lipinski definition) is 3. The van der Waals surface area contributed by atoms with Crippen LogP contribution in [0.15, 0.2) is 23.1 Å². The van der Waals surface area contributed by atoms with Gasteiger partial charge in [-0.1, -0.05) is 12.8 Å². The van der Waals surface area contributed by atoms with E-state index >= 15 is 0 Å². The summed E-state index contributed by atoms with van der Waals surface area (Å²) in [6, 6.07) is 2.99. The number of aromatic nitrogens is 1.